The third-order valence-electron chi connectivity index (χ3n) is 2.96. The zero-order valence-corrected chi connectivity index (χ0v) is 11.9. The van der Waals surface area contributed by atoms with E-state index in [1.54, 1.807) is 0 Å². The molecule has 0 N–H and O–H groups in total. The van der Waals surface area contributed by atoms with Gasteiger partial charge in [0.25, 0.3) is 0 Å². The van der Waals surface area contributed by atoms with Crippen LogP contribution in [-0.2, 0) is 4.74 Å². The van der Waals surface area contributed by atoms with Crippen LogP contribution in [0.5, 0.6) is 11.5 Å². The molecule has 1 aliphatic heterocycles. The number of nitrogens with zero attached hydrogens (tertiary/aromatic N) is 1. The van der Waals surface area contributed by atoms with E-state index in [1.807, 2.05) is 31.2 Å². The zero-order chi connectivity index (χ0) is 14.0. The van der Waals surface area contributed by atoms with Crippen LogP contribution in [0.15, 0.2) is 24.3 Å². The highest BCUT2D eigenvalue weighted by Gasteiger charge is 2.07. The lowest BCUT2D eigenvalue weighted by Crippen LogP contribution is -2.36. The quantitative estimate of drug-likeness (QED) is 0.767. The van der Waals surface area contributed by atoms with Crippen molar-refractivity contribution in [3.05, 3.63) is 24.3 Å². The van der Waals surface area contributed by atoms with Crippen LogP contribution in [0.3, 0.4) is 0 Å². The lowest BCUT2D eigenvalue weighted by atomic mass is 10.3. The summed E-state index contributed by atoms with van der Waals surface area (Å²) in [6.07, 6.45) is 0. The summed E-state index contributed by atoms with van der Waals surface area (Å²) in [5.74, 6) is 7.78. The lowest BCUT2D eigenvalue weighted by molar-refractivity contribution is 0.0443. The highest BCUT2D eigenvalue weighted by Crippen LogP contribution is 2.18. The summed E-state index contributed by atoms with van der Waals surface area (Å²) in [7, 11) is 0. The summed E-state index contributed by atoms with van der Waals surface area (Å²) in [5.41, 5.74) is 0. The summed E-state index contributed by atoms with van der Waals surface area (Å²) in [6, 6.07) is 7.63. The van der Waals surface area contributed by atoms with Gasteiger partial charge in [0.2, 0.25) is 0 Å². The van der Waals surface area contributed by atoms with Crippen LogP contribution in [0.1, 0.15) is 6.92 Å². The minimum Gasteiger partial charge on any atom is -0.494 e. The third kappa shape index (κ3) is 5.12. The maximum atomic E-state index is 5.59. The van der Waals surface area contributed by atoms with Crippen molar-refractivity contribution in [2.45, 2.75) is 6.92 Å². The highest BCUT2D eigenvalue weighted by atomic mass is 16.5. The molecule has 1 fully saturated rings. The minimum absolute atomic E-state index is 0.403. The molecule has 0 amide bonds. The van der Waals surface area contributed by atoms with Gasteiger partial charge in [0.15, 0.2) is 0 Å². The molecule has 1 aromatic carbocycles. The first-order chi connectivity index (χ1) is 9.88. The Labute approximate surface area is 120 Å². The van der Waals surface area contributed by atoms with Gasteiger partial charge in [-0.25, -0.2) is 0 Å². The molecule has 108 valence electrons. The van der Waals surface area contributed by atoms with Crippen LogP contribution >= 0.6 is 0 Å². The van der Waals surface area contributed by atoms with Crippen molar-refractivity contribution in [2.75, 3.05) is 46.1 Å². The van der Waals surface area contributed by atoms with Gasteiger partial charge in [0.05, 0.1) is 26.4 Å². The second-order valence-corrected chi connectivity index (χ2v) is 4.44. The fourth-order valence-corrected chi connectivity index (χ4v) is 1.92. The Morgan fingerprint density at radius 2 is 1.90 bits per heavy atom. The minimum atomic E-state index is 0.403. The van der Waals surface area contributed by atoms with Gasteiger partial charge in [0, 0.05) is 19.2 Å². The zero-order valence-electron chi connectivity index (χ0n) is 11.9. The van der Waals surface area contributed by atoms with Crippen LogP contribution in [0, 0.1) is 11.8 Å². The van der Waals surface area contributed by atoms with E-state index in [2.05, 4.69) is 16.7 Å². The Bertz CT molecular complexity index is 458. The first-order valence-corrected chi connectivity index (χ1v) is 7.00. The molecule has 20 heavy (non-hydrogen) atoms. The molecule has 4 heteroatoms. The van der Waals surface area contributed by atoms with Gasteiger partial charge in [-0.15, -0.1) is 0 Å². The molecule has 1 heterocycles. The van der Waals surface area contributed by atoms with Gasteiger partial charge in [-0.2, -0.15) is 0 Å². The fourth-order valence-electron chi connectivity index (χ4n) is 1.92. The highest BCUT2D eigenvalue weighted by molar-refractivity contribution is 5.33. The van der Waals surface area contributed by atoms with E-state index in [-0.39, 0.29) is 0 Å². The molecule has 0 spiro atoms. The van der Waals surface area contributed by atoms with Gasteiger partial charge >= 0.3 is 0 Å². The van der Waals surface area contributed by atoms with Crippen molar-refractivity contribution in [2.24, 2.45) is 0 Å². The van der Waals surface area contributed by atoms with Crippen molar-refractivity contribution >= 4 is 0 Å². The number of hydrogen-bond acceptors (Lipinski definition) is 4. The molecule has 1 aliphatic rings. The summed E-state index contributed by atoms with van der Waals surface area (Å²) >= 11 is 0. The molecular formula is C16H21NO3. The van der Waals surface area contributed by atoms with Crippen LogP contribution in [-0.4, -0.2) is 51.0 Å². The second kappa shape index (κ2) is 8.47. The molecular weight excluding hydrogens is 254 g/mol. The van der Waals surface area contributed by atoms with Crippen LogP contribution in [0.25, 0.3) is 0 Å². The predicted molar refractivity (Wildman–Crippen MR) is 78.1 cm³/mol. The molecule has 0 bridgehead atoms. The number of ether oxygens (including phenoxy) is 3. The fraction of sp³-hybridized carbons (Fsp3) is 0.500. The summed E-state index contributed by atoms with van der Waals surface area (Å²) in [6.45, 7) is 7.35. The topological polar surface area (TPSA) is 30.9 Å². The largest absolute Gasteiger partial charge is 0.494 e. The van der Waals surface area contributed by atoms with Crippen molar-refractivity contribution < 1.29 is 14.2 Å². The van der Waals surface area contributed by atoms with Gasteiger partial charge in [-0.3, -0.25) is 4.90 Å². The number of morpholine rings is 1. The van der Waals surface area contributed by atoms with E-state index in [4.69, 9.17) is 14.2 Å². The van der Waals surface area contributed by atoms with E-state index in [0.29, 0.717) is 13.2 Å². The average molecular weight is 275 g/mol. The molecule has 1 aromatic rings. The Kier molecular flexibility index (Phi) is 6.22. The Hall–Kier alpha value is -1.70. The summed E-state index contributed by atoms with van der Waals surface area (Å²) in [4.78, 5) is 2.28. The number of hydrogen-bond donors (Lipinski definition) is 0. The molecule has 1 saturated heterocycles. The smallest absolute Gasteiger partial charge is 0.149 e. The van der Waals surface area contributed by atoms with E-state index < -0.39 is 0 Å². The third-order valence-corrected chi connectivity index (χ3v) is 2.96. The summed E-state index contributed by atoms with van der Waals surface area (Å²) in [5, 5.41) is 0. The molecule has 4 nitrogen and oxygen atoms in total. The number of benzene rings is 1. The lowest BCUT2D eigenvalue weighted by Gasteiger charge is -2.24. The Morgan fingerprint density at radius 3 is 2.65 bits per heavy atom. The van der Waals surface area contributed by atoms with Crippen molar-refractivity contribution in [3.8, 4) is 23.3 Å². The molecule has 0 aromatic heterocycles. The first kappa shape index (κ1) is 14.7. The van der Waals surface area contributed by atoms with Gasteiger partial charge < -0.3 is 14.2 Å². The molecule has 0 radical (unpaired) electrons. The van der Waals surface area contributed by atoms with Crippen molar-refractivity contribution in [1.29, 1.82) is 0 Å². The maximum Gasteiger partial charge on any atom is 0.149 e. The second-order valence-electron chi connectivity index (χ2n) is 4.44. The SMILES string of the molecule is CCOc1cccc(OCC#CCN2CCOCC2)c1. The van der Waals surface area contributed by atoms with Crippen LogP contribution in [0.2, 0.25) is 0 Å². The van der Waals surface area contributed by atoms with Gasteiger partial charge in [0.1, 0.15) is 18.1 Å². The van der Waals surface area contributed by atoms with Crippen molar-refractivity contribution in [1.82, 2.24) is 4.90 Å². The first-order valence-electron chi connectivity index (χ1n) is 7.00. The van der Waals surface area contributed by atoms with Crippen molar-refractivity contribution in [3.63, 3.8) is 0 Å². The normalized spacial score (nSPS) is 15.2. The van der Waals surface area contributed by atoms with E-state index in [0.717, 1.165) is 44.3 Å². The van der Waals surface area contributed by atoms with E-state index >= 15 is 0 Å². The molecule has 2 rings (SSSR count). The maximum absolute atomic E-state index is 5.59. The van der Waals surface area contributed by atoms with Gasteiger partial charge in [-0.05, 0) is 19.1 Å². The molecule has 0 saturated carbocycles. The van der Waals surface area contributed by atoms with E-state index in [9.17, 15) is 0 Å². The Balaban J connectivity index is 1.71. The molecule has 0 aliphatic carbocycles. The van der Waals surface area contributed by atoms with E-state index in [1.165, 1.54) is 0 Å². The van der Waals surface area contributed by atoms with Gasteiger partial charge in [-0.1, -0.05) is 17.9 Å². The molecule has 0 unspecified atom stereocenters. The molecule has 0 atom stereocenters. The van der Waals surface area contributed by atoms with Crippen LogP contribution in [0.4, 0.5) is 0 Å². The standard InChI is InChI=1S/C16H21NO3/c1-2-19-15-6-5-7-16(14-15)20-11-4-3-8-17-9-12-18-13-10-17/h5-7,14H,2,8-13H2,1H3. The Morgan fingerprint density at radius 1 is 1.15 bits per heavy atom. The van der Waals surface area contributed by atoms with Crippen LogP contribution < -0.4 is 9.47 Å². The average Bonchev–Trinajstić information content (AvgIpc) is 2.49. The number of rotatable bonds is 5. The predicted octanol–water partition coefficient (Wildman–Crippen LogP) is 1.80. The monoisotopic (exact) mass is 275 g/mol. The summed E-state index contributed by atoms with van der Waals surface area (Å²) < 4.78 is 16.3.